The predicted molar refractivity (Wildman–Crippen MR) is 96.1 cm³/mol. The Hall–Kier alpha value is -1.66. The van der Waals surface area contributed by atoms with Gasteiger partial charge in [-0.05, 0) is 48.1 Å². The normalized spacial score (nSPS) is 13.0. The van der Waals surface area contributed by atoms with E-state index in [4.69, 9.17) is 0 Å². The van der Waals surface area contributed by atoms with Gasteiger partial charge < -0.3 is 10.2 Å². The van der Waals surface area contributed by atoms with Gasteiger partial charge in [0.15, 0.2) is 0 Å². The zero-order chi connectivity index (χ0) is 16.2. The summed E-state index contributed by atoms with van der Waals surface area (Å²) >= 11 is 4.88. The summed E-state index contributed by atoms with van der Waals surface area (Å²) in [5.74, 6) is 0.0558. The van der Waals surface area contributed by atoms with E-state index < -0.39 is 0 Å². The lowest BCUT2D eigenvalue weighted by molar-refractivity contribution is -0.118. The molecule has 1 aromatic carbocycles. The van der Waals surface area contributed by atoms with E-state index in [1.165, 1.54) is 16.9 Å². The second-order valence-electron chi connectivity index (χ2n) is 5.41. The number of amides is 2. The molecule has 0 saturated heterocycles. The summed E-state index contributed by atoms with van der Waals surface area (Å²) < 4.78 is 1.04. The molecule has 2 heterocycles. The number of fused-ring (bicyclic) bond motifs is 1. The maximum absolute atomic E-state index is 12.4. The molecule has 0 atom stereocenters. The first-order valence-corrected chi connectivity index (χ1v) is 9.23. The first-order valence-electron chi connectivity index (χ1n) is 7.55. The van der Waals surface area contributed by atoms with Gasteiger partial charge in [-0.1, -0.05) is 22.0 Å². The highest BCUT2D eigenvalue weighted by Gasteiger charge is 2.24. The van der Waals surface area contributed by atoms with Crippen molar-refractivity contribution in [3.05, 3.63) is 50.6 Å². The summed E-state index contributed by atoms with van der Waals surface area (Å²) in [7, 11) is 0. The van der Waals surface area contributed by atoms with Crippen LogP contribution in [0.15, 0.2) is 40.2 Å². The lowest BCUT2D eigenvalue weighted by atomic mass is 10.2. The van der Waals surface area contributed by atoms with Crippen molar-refractivity contribution in [3.8, 4) is 0 Å². The number of thiophene rings is 1. The monoisotopic (exact) mass is 392 g/mol. The molecule has 1 aliphatic rings. The molecule has 0 aliphatic carbocycles. The Morgan fingerprint density at radius 2 is 2.17 bits per heavy atom. The molecule has 2 aromatic rings. The van der Waals surface area contributed by atoms with Gasteiger partial charge in [-0.15, -0.1) is 11.3 Å². The lowest BCUT2D eigenvalue weighted by Crippen LogP contribution is -2.30. The highest BCUT2D eigenvalue weighted by atomic mass is 79.9. The topological polar surface area (TPSA) is 49.4 Å². The van der Waals surface area contributed by atoms with Crippen molar-refractivity contribution >= 4 is 44.8 Å². The Morgan fingerprint density at radius 3 is 2.96 bits per heavy atom. The molecule has 0 fully saturated rings. The maximum Gasteiger partial charge on any atom is 0.261 e. The molecule has 0 radical (unpaired) electrons. The van der Waals surface area contributed by atoms with Gasteiger partial charge in [-0.2, -0.15) is 0 Å². The van der Waals surface area contributed by atoms with Crippen LogP contribution in [0.3, 0.4) is 0 Å². The average Bonchev–Trinajstić information content (AvgIpc) is 3.19. The second-order valence-corrected chi connectivity index (χ2v) is 7.27. The number of halogens is 1. The number of nitrogens with zero attached hydrogens (tertiary/aromatic N) is 1. The third kappa shape index (κ3) is 3.82. The summed E-state index contributed by atoms with van der Waals surface area (Å²) in [5, 5.41) is 4.73. The van der Waals surface area contributed by atoms with E-state index in [1.807, 2.05) is 28.5 Å². The second kappa shape index (κ2) is 7.27. The van der Waals surface area contributed by atoms with Gasteiger partial charge in [-0.25, -0.2) is 0 Å². The summed E-state index contributed by atoms with van der Waals surface area (Å²) in [6, 6.07) is 9.68. The van der Waals surface area contributed by atoms with Crippen molar-refractivity contribution in [1.29, 1.82) is 0 Å². The maximum atomic E-state index is 12.4. The molecular weight excluding hydrogens is 376 g/mol. The predicted octanol–water partition coefficient (Wildman–Crippen LogP) is 3.61. The van der Waals surface area contributed by atoms with E-state index in [0.717, 1.165) is 23.1 Å². The lowest BCUT2D eigenvalue weighted by Gasteiger charge is -2.17. The van der Waals surface area contributed by atoms with Crippen LogP contribution in [-0.4, -0.2) is 24.9 Å². The van der Waals surface area contributed by atoms with Gasteiger partial charge >= 0.3 is 0 Å². The standard InChI is InChI=1S/C17H17BrN2O2S/c18-13-5-6-14-12(11-13)7-9-20(14)16(21)4-1-8-19-17(22)15-3-2-10-23-15/h2-3,5-6,10-11H,1,4,7-9H2,(H,19,22). The zero-order valence-corrected chi connectivity index (χ0v) is 15.0. The van der Waals surface area contributed by atoms with Crippen LogP contribution in [0.25, 0.3) is 0 Å². The van der Waals surface area contributed by atoms with Gasteiger partial charge in [0.1, 0.15) is 0 Å². The minimum Gasteiger partial charge on any atom is -0.351 e. The van der Waals surface area contributed by atoms with Crippen LogP contribution < -0.4 is 10.2 Å². The van der Waals surface area contributed by atoms with Crippen LogP contribution >= 0.6 is 27.3 Å². The molecule has 1 N–H and O–H groups in total. The van der Waals surface area contributed by atoms with Crippen LogP contribution in [0.2, 0.25) is 0 Å². The summed E-state index contributed by atoms with van der Waals surface area (Å²) in [6.45, 7) is 1.26. The van der Waals surface area contributed by atoms with E-state index in [0.29, 0.717) is 24.3 Å². The summed E-state index contributed by atoms with van der Waals surface area (Å²) in [5.41, 5.74) is 2.22. The van der Waals surface area contributed by atoms with Crippen molar-refractivity contribution in [2.24, 2.45) is 0 Å². The molecule has 1 aromatic heterocycles. The molecule has 6 heteroatoms. The van der Waals surface area contributed by atoms with Gasteiger partial charge in [-0.3, -0.25) is 9.59 Å². The minimum atomic E-state index is -0.0659. The fourth-order valence-electron chi connectivity index (χ4n) is 2.70. The van der Waals surface area contributed by atoms with Crippen molar-refractivity contribution < 1.29 is 9.59 Å². The van der Waals surface area contributed by atoms with Crippen molar-refractivity contribution in [3.63, 3.8) is 0 Å². The number of hydrogen-bond donors (Lipinski definition) is 1. The highest BCUT2D eigenvalue weighted by molar-refractivity contribution is 9.10. The SMILES string of the molecule is O=C(NCCCC(=O)N1CCc2cc(Br)ccc21)c1cccs1. The number of hydrogen-bond acceptors (Lipinski definition) is 3. The molecule has 2 amide bonds. The average molecular weight is 393 g/mol. The third-order valence-corrected chi connectivity index (χ3v) is 5.20. The van der Waals surface area contributed by atoms with Crippen molar-refractivity contribution in [1.82, 2.24) is 5.32 Å². The Morgan fingerprint density at radius 1 is 1.30 bits per heavy atom. The number of carbonyl (C=O) groups excluding carboxylic acids is 2. The smallest absolute Gasteiger partial charge is 0.261 e. The van der Waals surface area contributed by atoms with Crippen LogP contribution in [0.1, 0.15) is 28.1 Å². The number of nitrogens with one attached hydrogen (secondary N) is 1. The molecule has 0 spiro atoms. The first kappa shape index (κ1) is 16.2. The Kier molecular flexibility index (Phi) is 5.13. The zero-order valence-electron chi connectivity index (χ0n) is 12.5. The fraction of sp³-hybridized carbons (Fsp3) is 0.294. The number of carbonyl (C=O) groups is 2. The molecule has 0 unspecified atom stereocenters. The number of rotatable bonds is 5. The van der Waals surface area contributed by atoms with E-state index in [-0.39, 0.29) is 11.8 Å². The fourth-order valence-corrected chi connectivity index (χ4v) is 3.75. The van der Waals surface area contributed by atoms with E-state index in [1.54, 1.807) is 6.07 Å². The summed E-state index contributed by atoms with van der Waals surface area (Å²) in [4.78, 5) is 26.7. The quantitative estimate of drug-likeness (QED) is 0.790. The molecule has 120 valence electrons. The van der Waals surface area contributed by atoms with Gasteiger partial charge in [0.2, 0.25) is 5.91 Å². The van der Waals surface area contributed by atoms with E-state index in [9.17, 15) is 9.59 Å². The Bertz CT molecular complexity index is 715. The van der Waals surface area contributed by atoms with E-state index >= 15 is 0 Å². The molecule has 4 nitrogen and oxygen atoms in total. The highest BCUT2D eigenvalue weighted by Crippen LogP contribution is 2.30. The molecule has 3 rings (SSSR count). The Balaban J connectivity index is 1.47. The molecular formula is C17H17BrN2O2S. The molecule has 0 bridgehead atoms. The third-order valence-electron chi connectivity index (χ3n) is 3.84. The van der Waals surface area contributed by atoms with Crippen LogP contribution in [0.4, 0.5) is 5.69 Å². The minimum absolute atomic E-state index is 0.0659. The van der Waals surface area contributed by atoms with Gasteiger partial charge in [0, 0.05) is 29.7 Å². The van der Waals surface area contributed by atoms with Gasteiger partial charge in [0.05, 0.1) is 4.88 Å². The largest absolute Gasteiger partial charge is 0.351 e. The van der Waals surface area contributed by atoms with Crippen LogP contribution in [0, 0.1) is 0 Å². The van der Waals surface area contributed by atoms with Crippen LogP contribution in [-0.2, 0) is 11.2 Å². The number of benzene rings is 1. The summed E-state index contributed by atoms with van der Waals surface area (Å²) in [6.07, 6.45) is 1.99. The van der Waals surface area contributed by atoms with Crippen molar-refractivity contribution in [2.45, 2.75) is 19.3 Å². The Labute approximate surface area is 147 Å². The van der Waals surface area contributed by atoms with E-state index in [2.05, 4.69) is 27.3 Å². The molecule has 23 heavy (non-hydrogen) atoms. The van der Waals surface area contributed by atoms with Gasteiger partial charge in [0.25, 0.3) is 5.91 Å². The van der Waals surface area contributed by atoms with Crippen molar-refractivity contribution in [2.75, 3.05) is 18.0 Å². The van der Waals surface area contributed by atoms with Crippen LogP contribution in [0.5, 0.6) is 0 Å². The first-order chi connectivity index (χ1) is 11.1. The molecule has 0 saturated carbocycles. The molecule has 1 aliphatic heterocycles. The number of anilines is 1.